The summed E-state index contributed by atoms with van der Waals surface area (Å²) in [6.45, 7) is 3.21. The first-order valence-corrected chi connectivity index (χ1v) is 9.07. The first-order chi connectivity index (χ1) is 11.9. The number of ether oxygens (including phenoxy) is 1. The van der Waals surface area contributed by atoms with Gasteiger partial charge in [0.15, 0.2) is 0 Å². The molecule has 25 heavy (non-hydrogen) atoms. The molecule has 0 saturated heterocycles. The molecule has 3 rings (SSSR count). The second-order valence-electron chi connectivity index (χ2n) is 6.91. The Labute approximate surface area is 149 Å². The highest BCUT2D eigenvalue weighted by molar-refractivity contribution is 5.95. The number of esters is 1. The number of hydrogen-bond donors (Lipinski definition) is 0. The Bertz CT molecular complexity index is 607. The van der Waals surface area contributed by atoms with E-state index in [1.807, 2.05) is 17.9 Å². The summed E-state index contributed by atoms with van der Waals surface area (Å²) in [4.78, 5) is 24.3. The molecule has 0 atom stereocenters. The molecule has 138 valence electrons. The molecule has 4 nitrogen and oxygen atoms in total. The first-order valence-electron chi connectivity index (χ1n) is 9.07. The number of aryl methyl sites for hydroxylation is 1. The Morgan fingerprint density at radius 3 is 2.12 bits per heavy atom. The third-order valence-corrected chi connectivity index (χ3v) is 4.79. The molecule has 0 heterocycles. The Hall–Kier alpha value is -1.91. The number of methoxy groups -OCH3 is 1. The minimum atomic E-state index is -0.378. The van der Waals surface area contributed by atoms with Gasteiger partial charge in [0.2, 0.25) is 0 Å². The van der Waals surface area contributed by atoms with Crippen molar-refractivity contribution < 1.29 is 18.7 Å². The van der Waals surface area contributed by atoms with Crippen LogP contribution in [0.5, 0.6) is 0 Å². The highest BCUT2D eigenvalue weighted by Crippen LogP contribution is 2.35. The van der Waals surface area contributed by atoms with Crippen LogP contribution < -0.4 is 0 Å². The molecule has 1 amide bonds. The van der Waals surface area contributed by atoms with Crippen LogP contribution in [0.4, 0.5) is 4.39 Å². The van der Waals surface area contributed by atoms with E-state index >= 15 is 0 Å². The molecule has 2 aliphatic carbocycles. The van der Waals surface area contributed by atoms with Crippen LogP contribution in [-0.2, 0) is 9.53 Å². The van der Waals surface area contributed by atoms with Gasteiger partial charge in [0.25, 0.3) is 5.91 Å². The molecule has 1 aromatic carbocycles. The van der Waals surface area contributed by atoms with Crippen LogP contribution in [0.25, 0.3) is 0 Å². The van der Waals surface area contributed by atoms with Gasteiger partial charge in [-0.2, -0.15) is 0 Å². The van der Waals surface area contributed by atoms with Gasteiger partial charge in [0.05, 0.1) is 12.7 Å². The summed E-state index contributed by atoms with van der Waals surface area (Å²) in [5.41, 5.74) is 1.10. The molecule has 2 fully saturated rings. The maximum Gasteiger partial charge on any atom is 0.302 e. The number of benzene rings is 1. The molecule has 1 aromatic rings. The number of halogens is 1. The molecule has 0 aliphatic heterocycles. The lowest BCUT2D eigenvalue weighted by molar-refractivity contribution is -0.137. The summed E-state index contributed by atoms with van der Waals surface area (Å²) in [6, 6.07) is 5.60. The van der Waals surface area contributed by atoms with Gasteiger partial charge in [0, 0.05) is 19.0 Å². The molecular weight excluding hydrogens is 321 g/mol. The maximum atomic E-state index is 14.1. The Morgan fingerprint density at radius 1 is 1.08 bits per heavy atom. The molecular formula is C20H28FNO3. The summed E-state index contributed by atoms with van der Waals surface area (Å²) in [5, 5.41) is 0. The van der Waals surface area contributed by atoms with Gasteiger partial charge in [-0.25, -0.2) is 4.39 Å². The molecule has 5 heteroatoms. The van der Waals surface area contributed by atoms with Crippen molar-refractivity contribution in [3.8, 4) is 0 Å². The number of carbonyl (C=O) groups excluding carboxylic acids is 2. The van der Waals surface area contributed by atoms with Crippen molar-refractivity contribution in [2.45, 2.75) is 70.9 Å². The number of amides is 1. The number of nitrogens with zero attached hydrogens (tertiary/aromatic N) is 1. The maximum absolute atomic E-state index is 14.1. The zero-order chi connectivity index (χ0) is 18.4. The summed E-state index contributed by atoms with van der Waals surface area (Å²) in [6.07, 6.45) is 7.97. The average Bonchev–Trinajstić information content (AvgIpc) is 3.41. The van der Waals surface area contributed by atoms with E-state index in [1.54, 1.807) is 6.07 Å². The van der Waals surface area contributed by atoms with Gasteiger partial charge >= 0.3 is 5.97 Å². The van der Waals surface area contributed by atoms with Gasteiger partial charge in [-0.3, -0.25) is 9.59 Å². The van der Waals surface area contributed by atoms with E-state index in [9.17, 15) is 14.0 Å². The van der Waals surface area contributed by atoms with Crippen LogP contribution in [-0.4, -0.2) is 36.0 Å². The fourth-order valence-corrected chi connectivity index (χ4v) is 3.27. The van der Waals surface area contributed by atoms with E-state index in [-0.39, 0.29) is 23.3 Å². The highest BCUT2D eigenvalue weighted by Gasteiger charge is 2.38. The summed E-state index contributed by atoms with van der Waals surface area (Å²) >= 11 is 0. The average molecular weight is 349 g/mol. The van der Waals surface area contributed by atoms with E-state index in [0.717, 1.165) is 31.2 Å². The standard InChI is InChI=1S/C17H22FNO.C3H6O2/c1-12-7-10-15(16(18)11-12)17(20)19(14-8-9-14)13-5-3-2-4-6-13;1-3(4)5-2/h7,10-11,13-14H,2-6,8-9H2,1H3;1-2H3. The third-order valence-electron chi connectivity index (χ3n) is 4.79. The van der Waals surface area contributed by atoms with E-state index in [4.69, 9.17) is 0 Å². The topological polar surface area (TPSA) is 46.6 Å². The van der Waals surface area contributed by atoms with E-state index in [2.05, 4.69) is 4.74 Å². The van der Waals surface area contributed by atoms with E-state index in [1.165, 1.54) is 39.4 Å². The fourth-order valence-electron chi connectivity index (χ4n) is 3.27. The van der Waals surface area contributed by atoms with Crippen molar-refractivity contribution in [3.05, 3.63) is 35.1 Å². The fraction of sp³-hybridized carbons (Fsp3) is 0.600. The largest absolute Gasteiger partial charge is 0.469 e. The highest BCUT2D eigenvalue weighted by atomic mass is 19.1. The normalized spacial score (nSPS) is 17.3. The van der Waals surface area contributed by atoms with Crippen molar-refractivity contribution in [2.24, 2.45) is 0 Å². The van der Waals surface area contributed by atoms with Gasteiger partial charge in [-0.1, -0.05) is 25.3 Å². The molecule has 0 aromatic heterocycles. The van der Waals surface area contributed by atoms with Gasteiger partial charge < -0.3 is 9.64 Å². The van der Waals surface area contributed by atoms with Gasteiger partial charge in [-0.05, 0) is 50.3 Å². The van der Waals surface area contributed by atoms with Crippen molar-refractivity contribution in [1.29, 1.82) is 0 Å². The smallest absolute Gasteiger partial charge is 0.302 e. The molecule has 2 saturated carbocycles. The van der Waals surface area contributed by atoms with Crippen LogP contribution >= 0.6 is 0 Å². The molecule has 0 unspecified atom stereocenters. The first kappa shape index (κ1) is 19.4. The monoisotopic (exact) mass is 349 g/mol. The lowest BCUT2D eigenvalue weighted by Gasteiger charge is -2.34. The molecule has 0 radical (unpaired) electrons. The van der Waals surface area contributed by atoms with Crippen LogP contribution in [0.3, 0.4) is 0 Å². The Morgan fingerprint density at radius 2 is 1.64 bits per heavy atom. The van der Waals surface area contributed by atoms with Gasteiger partial charge in [-0.15, -0.1) is 0 Å². The predicted octanol–water partition coefficient (Wildman–Crippen LogP) is 4.25. The summed E-state index contributed by atoms with van der Waals surface area (Å²) < 4.78 is 18.2. The molecule has 0 N–H and O–H groups in total. The quantitative estimate of drug-likeness (QED) is 0.767. The van der Waals surface area contributed by atoms with Crippen molar-refractivity contribution in [1.82, 2.24) is 4.90 Å². The zero-order valence-corrected chi connectivity index (χ0v) is 15.4. The molecule has 2 aliphatic rings. The lowest BCUT2D eigenvalue weighted by Crippen LogP contribution is -2.43. The third kappa shape index (κ3) is 5.55. The second-order valence-corrected chi connectivity index (χ2v) is 6.91. The van der Waals surface area contributed by atoms with E-state index < -0.39 is 0 Å². The second kappa shape index (κ2) is 8.97. The minimum absolute atomic E-state index is 0.100. The Kier molecular flexibility index (Phi) is 6.97. The van der Waals surface area contributed by atoms with Crippen LogP contribution in [0.1, 0.15) is 67.8 Å². The Balaban J connectivity index is 0.000000399. The van der Waals surface area contributed by atoms with E-state index in [0.29, 0.717) is 12.1 Å². The van der Waals surface area contributed by atoms with Crippen LogP contribution in [0, 0.1) is 12.7 Å². The lowest BCUT2D eigenvalue weighted by atomic mass is 9.93. The number of hydrogen-bond acceptors (Lipinski definition) is 3. The van der Waals surface area contributed by atoms with Crippen molar-refractivity contribution in [2.75, 3.05) is 7.11 Å². The SMILES string of the molecule is COC(C)=O.Cc1ccc(C(=O)N(C2CCCCC2)C2CC2)c(F)c1. The summed E-state index contributed by atoms with van der Waals surface area (Å²) in [5.74, 6) is -0.724. The predicted molar refractivity (Wildman–Crippen MR) is 94.9 cm³/mol. The van der Waals surface area contributed by atoms with Gasteiger partial charge in [0.1, 0.15) is 5.82 Å². The van der Waals surface area contributed by atoms with Crippen molar-refractivity contribution >= 4 is 11.9 Å². The van der Waals surface area contributed by atoms with Crippen LogP contribution in [0.15, 0.2) is 18.2 Å². The summed E-state index contributed by atoms with van der Waals surface area (Å²) in [7, 11) is 1.35. The number of carbonyl (C=O) groups is 2. The zero-order valence-electron chi connectivity index (χ0n) is 15.4. The van der Waals surface area contributed by atoms with Crippen molar-refractivity contribution in [3.63, 3.8) is 0 Å². The number of rotatable bonds is 3. The minimum Gasteiger partial charge on any atom is -0.469 e. The molecule has 0 spiro atoms. The van der Waals surface area contributed by atoms with Crippen LogP contribution in [0.2, 0.25) is 0 Å². The molecule has 0 bridgehead atoms.